The van der Waals surface area contributed by atoms with Gasteiger partial charge >= 0.3 is 0 Å². The fourth-order valence-electron chi connectivity index (χ4n) is 2.45. The van der Waals surface area contributed by atoms with Gasteiger partial charge in [0.25, 0.3) is 0 Å². The van der Waals surface area contributed by atoms with E-state index in [9.17, 15) is 14.6 Å². The van der Waals surface area contributed by atoms with E-state index in [-0.39, 0.29) is 19.0 Å². The summed E-state index contributed by atoms with van der Waals surface area (Å²) in [4.78, 5) is 0. The van der Waals surface area contributed by atoms with Crippen molar-refractivity contribution in [3.63, 3.8) is 0 Å². The van der Waals surface area contributed by atoms with E-state index in [2.05, 4.69) is 15.9 Å². The summed E-state index contributed by atoms with van der Waals surface area (Å²) < 4.78 is 13.7. The smallest absolute Gasteiger partial charge is 0.137 e. The molecule has 0 amide bonds. The highest BCUT2D eigenvalue weighted by Crippen LogP contribution is 2.29. The molecule has 0 spiro atoms. The average molecular weight is 353 g/mol. The first-order valence-electron chi connectivity index (χ1n) is 6.78. The fourth-order valence-corrected chi connectivity index (χ4v) is 2.87. The zero-order chi connectivity index (χ0) is 15.3. The number of aliphatic hydroxyl groups is 2. The van der Waals surface area contributed by atoms with Gasteiger partial charge in [0.2, 0.25) is 0 Å². The van der Waals surface area contributed by atoms with Crippen LogP contribution >= 0.6 is 15.9 Å². The van der Waals surface area contributed by atoms with E-state index in [0.717, 1.165) is 11.1 Å². The van der Waals surface area contributed by atoms with Gasteiger partial charge in [-0.15, -0.1) is 0 Å². The molecule has 0 unspecified atom stereocenters. The number of hydrogen-bond acceptors (Lipinski definition) is 2. The maximum absolute atomic E-state index is 13.3. The Morgan fingerprint density at radius 3 is 2.10 bits per heavy atom. The van der Waals surface area contributed by atoms with Crippen LogP contribution in [0.15, 0.2) is 53.0 Å². The Bertz CT molecular complexity index is 583. The highest BCUT2D eigenvalue weighted by molar-refractivity contribution is 9.10. The standard InChI is InChI=1S/C17H18BrFO2/c18-15-8-14(6-7-16(15)19)10-17(11-20,12-21)9-13-4-2-1-3-5-13/h1-8,20-21H,9-12H2. The quantitative estimate of drug-likeness (QED) is 0.836. The highest BCUT2D eigenvalue weighted by Gasteiger charge is 2.29. The molecule has 0 heterocycles. The average Bonchev–Trinajstić information content (AvgIpc) is 2.51. The molecule has 112 valence electrons. The topological polar surface area (TPSA) is 40.5 Å². The van der Waals surface area contributed by atoms with Gasteiger partial charge in [0, 0.05) is 5.41 Å². The van der Waals surface area contributed by atoms with Crippen LogP contribution in [0.5, 0.6) is 0 Å². The lowest BCUT2D eigenvalue weighted by atomic mass is 9.78. The first kappa shape index (κ1) is 16.1. The minimum atomic E-state index is -0.654. The van der Waals surface area contributed by atoms with Crippen LogP contribution in [-0.2, 0) is 12.8 Å². The van der Waals surface area contributed by atoms with Gasteiger partial charge in [0.1, 0.15) is 5.82 Å². The number of rotatable bonds is 6. The minimum Gasteiger partial charge on any atom is -0.396 e. The number of hydrogen-bond donors (Lipinski definition) is 2. The van der Waals surface area contributed by atoms with Gasteiger partial charge in [-0.3, -0.25) is 0 Å². The molecule has 0 atom stereocenters. The summed E-state index contributed by atoms with van der Waals surface area (Å²) in [5, 5.41) is 19.6. The molecule has 0 saturated carbocycles. The summed E-state index contributed by atoms with van der Waals surface area (Å²) in [6, 6.07) is 14.5. The van der Waals surface area contributed by atoms with E-state index in [1.54, 1.807) is 12.1 Å². The van der Waals surface area contributed by atoms with Crippen molar-refractivity contribution in [2.24, 2.45) is 5.41 Å². The Labute approximate surface area is 132 Å². The molecule has 2 N–H and O–H groups in total. The number of aliphatic hydroxyl groups excluding tert-OH is 2. The van der Waals surface area contributed by atoms with Crippen LogP contribution in [0, 0.1) is 11.2 Å². The van der Waals surface area contributed by atoms with Crippen molar-refractivity contribution in [3.05, 3.63) is 69.9 Å². The van der Waals surface area contributed by atoms with Crippen molar-refractivity contribution in [2.75, 3.05) is 13.2 Å². The van der Waals surface area contributed by atoms with Crippen LogP contribution in [0.25, 0.3) is 0 Å². The predicted molar refractivity (Wildman–Crippen MR) is 84.6 cm³/mol. The monoisotopic (exact) mass is 352 g/mol. The van der Waals surface area contributed by atoms with Gasteiger partial charge in [-0.1, -0.05) is 36.4 Å². The zero-order valence-corrected chi connectivity index (χ0v) is 13.2. The molecule has 4 heteroatoms. The molecule has 0 aromatic heterocycles. The zero-order valence-electron chi connectivity index (χ0n) is 11.6. The van der Waals surface area contributed by atoms with Crippen molar-refractivity contribution in [1.82, 2.24) is 0 Å². The molecule has 0 saturated heterocycles. The maximum atomic E-state index is 13.3. The van der Waals surface area contributed by atoms with Gasteiger partial charge < -0.3 is 10.2 Å². The Balaban J connectivity index is 2.23. The molecule has 0 aliphatic carbocycles. The first-order chi connectivity index (χ1) is 10.1. The fraction of sp³-hybridized carbons (Fsp3) is 0.294. The highest BCUT2D eigenvalue weighted by atomic mass is 79.9. The molecule has 0 aliphatic heterocycles. The van der Waals surface area contributed by atoms with Gasteiger partial charge in [0.15, 0.2) is 0 Å². The van der Waals surface area contributed by atoms with E-state index in [4.69, 9.17) is 0 Å². The van der Waals surface area contributed by atoms with Crippen LogP contribution in [0.1, 0.15) is 11.1 Å². The third-order valence-corrected chi connectivity index (χ3v) is 4.26. The van der Waals surface area contributed by atoms with Crippen molar-refractivity contribution in [1.29, 1.82) is 0 Å². The molecule has 2 nitrogen and oxygen atoms in total. The molecule has 0 bridgehead atoms. The van der Waals surface area contributed by atoms with Gasteiger partial charge in [0.05, 0.1) is 17.7 Å². The summed E-state index contributed by atoms with van der Waals surface area (Å²) >= 11 is 3.16. The minimum absolute atomic E-state index is 0.132. The molecule has 2 aromatic rings. The Kier molecular flexibility index (Phi) is 5.51. The lowest BCUT2D eigenvalue weighted by Crippen LogP contribution is -2.34. The third-order valence-electron chi connectivity index (χ3n) is 3.66. The Morgan fingerprint density at radius 2 is 1.52 bits per heavy atom. The van der Waals surface area contributed by atoms with Crippen LogP contribution in [0.2, 0.25) is 0 Å². The summed E-state index contributed by atoms with van der Waals surface area (Å²) in [5.74, 6) is -0.319. The van der Waals surface area contributed by atoms with Gasteiger partial charge in [-0.25, -0.2) is 4.39 Å². The second-order valence-electron chi connectivity index (χ2n) is 5.40. The lowest BCUT2D eigenvalue weighted by molar-refractivity contribution is 0.0547. The second-order valence-corrected chi connectivity index (χ2v) is 6.26. The van der Waals surface area contributed by atoms with Crippen molar-refractivity contribution in [2.45, 2.75) is 12.8 Å². The first-order valence-corrected chi connectivity index (χ1v) is 7.57. The summed E-state index contributed by atoms with van der Waals surface area (Å²) in [6.07, 6.45) is 1.05. The SMILES string of the molecule is OCC(CO)(Cc1ccccc1)Cc1ccc(F)c(Br)c1. The Hall–Kier alpha value is -1.23. The van der Waals surface area contributed by atoms with Crippen LogP contribution in [-0.4, -0.2) is 23.4 Å². The third kappa shape index (κ3) is 4.13. The van der Waals surface area contributed by atoms with Gasteiger partial charge in [-0.2, -0.15) is 0 Å². The van der Waals surface area contributed by atoms with E-state index < -0.39 is 5.41 Å². The van der Waals surface area contributed by atoms with Gasteiger partial charge in [-0.05, 0) is 52.0 Å². The largest absolute Gasteiger partial charge is 0.396 e. The van der Waals surface area contributed by atoms with Crippen molar-refractivity contribution in [3.8, 4) is 0 Å². The molecule has 21 heavy (non-hydrogen) atoms. The second kappa shape index (κ2) is 7.16. The molecular formula is C17H18BrFO2. The molecule has 0 aliphatic rings. The Morgan fingerprint density at radius 1 is 0.905 bits per heavy atom. The van der Waals surface area contributed by atoms with Crippen LogP contribution < -0.4 is 0 Å². The molecule has 0 radical (unpaired) electrons. The lowest BCUT2D eigenvalue weighted by Gasteiger charge is -2.30. The summed E-state index contributed by atoms with van der Waals surface area (Å²) in [5.41, 5.74) is 1.28. The molecule has 2 rings (SSSR count). The van der Waals surface area contributed by atoms with Crippen molar-refractivity contribution >= 4 is 15.9 Å². The van der Waals surface area contributed by atoms with Crippen molar-refractivity contribution < 1.29 is 14.6 Å². The molecular weight excluding hydrogens is 335 g/mol. The summed E-state index contributed by atoms with van der Waals surface area (Å²) in [7, 11) is 0. The van der Waals surface area contributed by atoms with E-state index in [0.29, 0.717) is 17.3 Å². The number of benzene rings is 2. The van der Waals surface area contributed by atoms with E-state index in [1.807, 2.05) is 30.3 Å². The maximum Gasteiger partial charge on any atom is 0.137 e. The van der Waals surface area contributed by atoms with E-state index in [1.165, 1.54) is 6.07 Å². The number of halogens is 2. The summed E-state index contributed by atoms with van der Waals surface area (Å²) in [6.45, 7) is -0.263. The molecule has 0 fully saturated rings. The predicted octanol–water partition coefficient (Wildman–Crippen LogP) is 3.34. The van der Waals surface area contributed by atoms with E-state index >= 15 is 0 Å². The van der Waals surface area contributed by atoms with Crippen LogP contribution in [0.4, 0.5) is 4.39 Å². The van der Waals surface area contributed by atoms with Crippen LogP contribution in [0.3, 0.4) is 0 Å². The molecule has 2 aromatic carbocycles. The normalized spacial score (nSPS) is 11.6.